The predicted octanol–water partition coefficient (Wildman–Crippen LogP) is 6.96. The molecular formula is C33H32F6N6O2S. The average molecular weight is 691 g/mol. The second-order valence-electron chi connectivity index (χ2n) is 13.0. The number of halogens is 6. The van der Waals surface area contributed by atoms with E-state index in [1.807, 2.05) is 11.0 Å². The van der Waals surface area contributed by atoms with Crippen molar-refractivity contribution in [3.05, 3.63) is 41.0 Å². The summed E-state index contributed by atoms with van der Waals surface area (Å²) in [6.07, 6.45) is -2.86. The molecule has 0 amide bonds. The fourth-order valence-electron chi connectivity index (χ4n) is 7.79. The van der Waals surface area contributed by atoms with Gasteiger partial charge in [-0.1, -0.05) is 6.07 Å². The molecule has 1 aliphatic carbocycles. The summed E-state index contributed by atoms with van der Waals surface area (Å²) in [4.78, 5) is 12.5. The zero-order valence-corrected chi connectivity index (χ0v) is 26.7. The van der Waals surface area contributed by atoms with E-state index in [2.05, 4.69) is 9.97 Å². The Morgan fingerprint density at radius 1 is 1.21 bits per heavy atom. The third kappa shape index (κ3) is 5.38. The van der Waals surface area contributed by atoms with Gasteiger partial charge in [0, 0.05) is 42.4 Å². The Labute approximate surface area is 275 Å². The summed E-state index contributed by atoms with van der Waals surface area (Å²) in [7, 11) is 1.64. The van der Waals surface area contributed by atoms with Crippen molar-refractivity contribution in [3.63, 3.8) is 0 Å². The molecule has 0 radical (unpaired) electrons. The van der Waals surface area contributed by atoms with Gasteiger partial charge in [-0.05, 0) is 62.8 Å². The summed E-state index contributed by atoms with van der Waals surface area (Å²) >= 11 is 0.688. The number of hydrogen-bond acceptors (Lipinski definition) is 9. The van der Waals surface area contributed by atoms with Crippen LogP contribution in [0.25, 0.3) is 32.1 Å². The zero-order chi connectivity index (χ0) is 34.1. The summed E-state index contributed by atoms with van der Waals surface area (Å²) in [5, 5.41) is 19.3. The van der Waals surface area contributed by atoms with Crippen LogP contribution < -0.4 is 15.4 Å². The summed E-state index contributed by atoms with van der Waals surface area (Å²) in [5.74, 6) is -2.17. The molecule has 8 nitrogen and oxygen atoms in total. The molecule has 2 atom stereocenters. The number of hydrogen-bond donors (Lipinski definition) is 2. The van der Waals surface area contributed by atoms with Gasteiger partial charge in [-0.15, -0.1) is 11.3 Å². The maximum Gasteiger partial charge on any atom is 0.417 e. The van der Waals surface area contributed by atoms with Gasteiger partial charge >= 0.3 is 12.2 Å². The molecule has 2 saturated heterocycles. The molecule has 0 spiro atoms. The Kier molecular flexibility index (Phi) is 8.11. The van der Waals surface area contributed by atoms with Crippen molar-refractivity contribution in [2.24, 2.45) is 0 Å². The van der Waals surface area contributed by atoms with Crippen molar-refractivity contribution in [2.75, 3.05) is 37.4 Å². The molecule has 3 aliphatic rings. The standard InChI is InChI=1S/C33H32F6N6O2S/c1-44(17-3-5-18(46)6-4-17)30-20-11-22(33(37,38)39)25(19-7-8-23(35)28-24(19)21(13-40)29(41)48-28)26(36)27(20)42-31(43-30)47-15-32-9-2-10-45(32)14-16(34)12-32/h7-8,11,16-18,46H,2-6,9-10,12,14-15,41H2,1H3/t16-,17?,18?,32+/m1/s1. The fourth-order valence-corrected chi connectivity index (χ4v) is 8.74. The monoisotopic (exact) mass is 690 g/mol. The van der Waals surface area contributed by atoms with Crippen LogP contribution in [0.3, 0.4) is 0 Å². The number of thiophene rings is 1. The number of nitrogens with two attached hydrogens (primary N) is 1. The number of benzene rings is 2. The minimum Gasteiger partial charge on any atom is -0.461 e. The lowest BCUT2D eigenvalue weighted by atomic mass is 9.91. The maximum atomic E-state index is 17.0. The van der Waals surface area contributed by atoms with Crippen molar-refractivity contribution >= 4 is 43.1 Å². The lowest BCUT2D eigenvalue weighted by Gasteiger charge is -2.35. The van der Waals surface area contributed by atoms with Crippen LogP contribution >= 0.6 is 11.3 Å². The van der Waals surface area contributed by atoms with Crippen LogP contribution in [-0.4, -0.2) is 70.6 Å². The Hall–Kier alpha value is -3.87. The SMILES string of the molecule is CN(c1nc(OC[C@@]23CCCN2C[C@H](F)C3)nc2c(F)c(-c3ccc(F)c4sc(N)c(C#N)c34)c(C(F)(F)F)cc12)C1CCC(O)CC1. The second-order valence-corrected chi connectivity index (χ2v) is 14.1. The first-order chi connectivity index (χ1) is 22.8. The van der Waals surface area contributed by atoms with Gasteiger partial charge < -0.3 is 20.5 Å². The molecule has 0 unspecified atom stereocenters. The first-order valence-electron chi connectivity index (χ1n) is 15.8. The molecule has 3 N–H and O–H groups in total. The van der Waals surface area contributed by atoms with Crippen LogP contribution in [0, 0.1) is 23.0 Å². The van der Waals surface area contributed by atoms with E-state index in [1.165, 1.54) is 0 Å². The number of aliphatic hydroxyl groups is 1. The molecule has 0 bridgehead atoms. The van der Waals surface area contributed by atoms with Gasteiger partial charge in [0.05, 0.1) is 27.5 Å². The van der Waals surface area contributed by atoms with Crippen LogP contribution in [0.4, 0.5) is 37.2 Å². The number of alkyl halides is 4. The van der Waals surface area contributed by atoms with Gasteiger partial charge in [0.15, 0.2) is 5.82 Å². The number of nitrogens with zero attached hydrogens (tertiary/aromatic N) is 5. The highest BCUT2D eigenvalue weighted by atomic mass is 32.1. The first-order valence-corrected chi connectivity index (χ1v) is 16.6. The van der Waals surface area contributed by atoms with Crippen LogP contribution in [0.1, 0.15) is 56.1 Å². The highest BCUT2D eigenvalue weighted by molar-refractivity contribution is 7.23. The van der Waals surface area contributed by atoms with Gasteiger partial charge in [0.1, 0.15) is 41.0 Å². The molecule has 3 fully saturated rings. The van der Waals surface area contributed by atoms with E-state index in [4.69, 9.17) is 10.5 Å². The van der Waals surface area contributed by atoms with Crippen LogP contribution in [0.15, 0.2) is 18.2 Å². The molecule has 2 aliphatic heterocycles. The van der Waals surface area contributed by atoms with Crippen molar-refractivity contribution in [3.8, 4) is 23.2 Å². The molecule has 254 valence electrons. The van der Waals surface area contributed by atoms with Crippen molar-refractivity contribution in [1.82, 2.24) is 14.9 Å². The number of fused-ring (bicyclic) bond motifs is 3. The van der Waals surface area contributed by atoms with Crippen molar-refractivity contribution in [1.29, 1.82) is 5.26 Å². The molecule has 15 heteroatoms. The Morgan fingerprint density at radius 3 is 2.67 bits per heavy atom. The molecule has 7 rings (SSSR count). The van der Waals surface area contributed by atoms with Gasteiger partial charge in [-0.3, -0.25) is 4.90 Å². The van der Waals surface area contributed by atoms with E-state index < -0.39 is 52.3 Å². The normalized spacial score (nSPS) is 24.7. The highest BCUT2D eigenvalue weighted by Gasteiger charge is 2.49. The lowest BCUT2D eigenvalue weighted by molar-refractivity contribution is -0.137. The van der Waals surface area contributed by atoms with Crippen molar-refractivity contribution in [2.45, 2.75) is 75.0 Å². The quantitative estimate of drug-likeness (QED) is 0.209. The van der Waals surface area contributed by atoms with Gasteiger partial charge in [0.25, 0.3) is 0 Å². The number of nitrogen functional groups attached to an aromatic ring is 1. The molecular weight excluding hydrogens is 658 g/mol. The molecule has 4 heterocycles. The Morgan fingerprint density at radius 2 is 1.96 bits per heavy atom. The molecule has 4 aromatic rings. The predicted molar refractivity (Wildman–Crippen MR) is 170 cm³/mol. The van der Waals surface area contributed by atoms with E-state index in [0.29, 0.717) is 50.0 Å². The summed E-state index contributed by atoms with van der Waals surface area (Å²) in [6, 6.07) is 4.00. The number of anilines is 2. The minimum absolute atomic E-state index is 0.00431. The zero-order valence-electron chi connectivity index (χ0n) is 25.9. The molecule has 2 aromatic heterocycles. The minimum atomic E-state index is -5.09. The number of aliphatic hydroxyl groups excluding tert-OH is 1. The van der Waals surface area contributed by atoms with E-state index in [1.54, 1.807) is 11.9 Å². The highest BCUT2D eigenvalue weighted by Crippen LogP contribution is 2.48. The topological polar surface area (TPSA) is 112 Å². The lowest BCUT2D eigenvalue weighted by Crippen LogP contribution is -2.43. The first kappa shape index (κ1) is 32.7. The van der Waals surface area contributed by atoms with Gasteiger partial charge in [0.2, 0.25) is 0 Å². The number of rotatable bonds is 6. The maximum absolute atomic E-state index is 17.0. The summed E-state index contributed by atoms with van der Waals surface area (Å²) in [5.41, 5.74) is 1.99. The second kappa shape index (κ2) is 11.9. The summed E-state index contributed by atoms with van der Waals surface area (Å²) < 4.78 is 96.9. The van der Waals surface area contributed by atoms with E-state index in [0.717, 1.165) is 24.6 Å². The average Bonchev–Trinajstić information content (AvgIpc) is 3.69. The number of ether oxygens (including phenoxy) is 1. The Balaban J connectivity index is 1.44. The third-order valence-electron chi connectivity index (χ3n) is 10.2. The smallest absolute Gasteiger partial charge is 0.417 e. The Bertz CT molecular complexity index is 1960. The third-order valence-corrected chi connectivity index (χ3v) is 11.2. The molecule has 1 saturated carbocycles. The van der Waals surface area contributed by atoms with Gasteiger partial charge in [-0.25, -0.2) is 13.2 Å². The molecule has 48 heavy (non-hydrogen) atoms. The van der Waals surface area contributed by atoms with Crippen molar-refractivity contribution < 1.29 is 36.2 Å². The summed E-state index contributed by atoms with van der Waals surface area (Å²) in [6.45, 7) is 0.975. The van der Waals surface area contributed by atoms with E-state index in [-0.39, 0.29) is 69.0 Å². The fraction of sp³-hybridized carbons (Fsp3) is 0.485. The largest absolute Gasteiger partial charge is 0.461 e. The van der Waals surface area contributed by atoms with Crippen LogP contribution in [0.5, 0.6) is 6.01 Å². The van der Waals surface area contributed by atoms with Gasteiger partial charge in [-0.2, -0.15) is 28.4 Å². The molecule has 2 aromatic carbocycles. The van der Waals surface area contributed by atoms with Crippen LogP contribution in [0.2, 0.25) is 0 Å². The number of aromatic nitrogens is 2. The van der Waals surface area contributed by atoms with Crippen LogP contribution in [-0.2, 0) is 6.18 Å². The number of nitriles is 1. The van der Waals surface area contributed by atoms with E-state index >= 15 is 4.39 Å². The van der Waals surface area contributed by atoms with E-state index in [9.17, 15) is 32.3 Å².